The van der Waals surface area contributed by atoms with E-state index in [1.165, 1.54) is 11.5 Å². The highest BCUT2D eigenvalue weighted by Crippen LogP contribution is 2.22. The van der Waals surface area contributed by atoms with Crippen molar-refractivity contribution in [3.63, 3.8) is 0 Å². The Morgan fingerprint density at radius 1 is 1.40 bits per heavy atom. The topological polar surface area (TPSA) is 69.9 Å². The van der Waals surface area contributed by atoms with E-state index in [4.69, 9.17) is 9.47 Å². The van der Waals surface area contributed by atoms with Crippen molar-refractivity contribution in [2.24, 2.45) is 0 Å². The number of esters is 2. The fraction of sp³-hybridized carbons (Fsp3) is 0.308. The van der Waals surface area contributed by atoms with E-state index in [2.05, 4.69) is 20.9 Å². The van der Waals surface area contributed by atoms with Gasteiger partial charge in [-0.15, -0.1) is 0 Å². The maximum Gasteiger partial charge on any atom is 0.357 e. The summed E-state index contributed by atoms with van der Waals surface area (Å²) in [6.07, 6.45) is 1.66. The normalized spacial score (nSPS) is 10.6. The molecule has 0 saturated heterocycles. The Hall–Kier alpha value is -1.89. The van der Waals surface area contributed by atoms with E-state index >= 15 is 0 Å². The van der Waals surface area contributed by atoms with Crippen LogP contribution in [0.25, 0.3) is 5.65 Å². The van der Waals surface area contributed by atoms with Gasteiger partial charge in [-0.2, -0.15) is 0 Å². The Morgan fingerprint density at radius 3 is 2.70 bits per heavy atom. The standard InChI is InChI=1S/C13H13BrN2O4/c1-4-20-13(18)10-7(2)15-11-9(12(17)19-3)5-8(14)6-16(10)11/h5-6H,4H2,1-3H3. The van der Waals surface area contributed by atoms with E-state index in [-0.39, 0.29) is 12.2 Å². The third-order valence-electron chi connectivity index (χ3n) is 2.74. The van der Waals surface area contributed by atoms with Gasteiger partial charge in [0.15, 0.2) is 11.3 Å². The quantitative estimate of drug-likeness (QED) is 0.802. The summed E-state index contributed by atoms with van der Waals surface area (Å²) in [7, 11) is 1.29. The van der Waals surface area contributed by atoms with E-state index in [9.17, 15) is 9.59 Å². The van der Waals surface area contributed by atoms with Gasteiger partial charge in [0.1, 0.15) is 5.56 Å². The smallest absolute Gasteiger partial charge is 0.357 e. The number of hydrogen-bond donors (Lipinski definition) is 0. The second-order valence-electron chi connectivity index (χ2n) is 4.02. The summed E-state index contributed by atoms with van der Waals surface area (Å²) in [6, 6.07) is 1.60. The van der Waals surface area contributed by atoms with Crippen molar-refractivity contribution in [3.05, 3.63) is 33.7 Å². The number of pyridine rings is 1. The maximum atomic E-state index is 12.0. The number of aryl methyl sites for hydroxylation is 1. The van der Waals surface area contributed by atoms with Crippen molar-refractivity contribution < 1.29 is 19.1 Å². The van der Waals surface area contributed by atoms with Crippen molar-refractivity contribution >= 4 is 33.5 Å². The van der Waals surface area contributed by atoms with E-state index in [0.29, 0.717) is 21.5 Å². The molecule has 0 fully saturated rings. The molecule has 0 aliphatic rings. The SMILES string of the molecule is CCOC(=O)c1c(C)nc2c(C(=O)OC)cc(Br)cn12. The second kappa shape index (κ2) is 5.62. The van der Waals surface area contributed by atoms with Crippen LogP contribution in [0.5, 0.6) is 0 Å². The number of ether oxygens (including phenoxy) is 2. The molecule has 0 aliphatic heterocycles. The van der Waals surface area contributed by atoms with E-state index < -0.39 is 11.9 Å². The van der Waals surface area contributed by atoms with E-state index in [1.807, 2.05) is 0 Å². The van der Waals surface area contributed by atoms with Gasteiger partial charge in [-0.05, 0) is 35.8 Å². The molecular weight excluding hydrogens is 328 g/mol. The van der Waals surface area contributed by atoms with Gasteiger partial charge < -0.3 is 9.47 Å². The van der Waals surface area contributed by atoms with Crippen LogP contribution < -0.4 is 0 Å². The van der Waals surface area contributed by atoms with Gasteiger partial charge in [0, 0.05) is 10.7 Å². The molecule has 2 heterocycles. The molecule has 0 unspecified atom stereocenters. The number of fused-ring (bicyclic) bond motifs is 1. The highest BCUT2D eigenvalue weighted by molar-refractivity contribution is 9.10. The monoisotopic (exact) mass is 340 g/mol. The van der Waals surface area contributed by atoms with Gasteiger partial charge in [0.25, 0.3) is 0 Å². The van der Waals surface area contributed by atoms with Crippen LogP contribution in [0.1, 0.15) is 33.5 Å². The van der Waals surface area contributed by atoms with Gasteiger partial charge in [0.05, 0.1) is 19.4 Å². The summed E-state index contributed by atoms with van der Waals surface area (Å²) in [6.45, 7) is 3.68. The number of carbonyl (C=O) groups is 2. The molecule has 0 spiro atoms. The largest absolute Gasteiger partial charge is 0.465 e. The highest BCUT2D eigenvalue weighted by Gasteiger charge is 2.22. The minimum absolute atomic E-state index is 0.267. The number of hydrogen-bond acceptors (Lipinski definition) is 5. The van der Waals surface area contributed by atoms with Crippen molar-refractivity contribution in [2.45, 2.75) is 13.8 Å². The average Bonchev–Trinajstić information content (AvgIpc) is 2.73. The number of imidazole rings is 1. The van der Waals surface area contributed by atoms with Gasteiger partial charge in [0.2, 0.25) is 0 Å². The predicted molar refractivity (Wildman–Crippen MR) is 74.9 cm³/mol. The molecule has 0 atom stereocenters. The van der Waals surface area contributed by atoms with Crippen LogP contribution in [0.2, 0.25) is 0 Å². The van der Waals surface area contributed by atoms with Gasteiger partial charge in [-0.25, -0.2) is 14.6 Å². The first-order chi connectivity index (χ1) is 9.49. The number of aromatic nitrogens is 2. The lowest BCUT2D eigenvalue weighted by molar-refractivity contribution is 0.0515. The third-order valence-corrected chi connectivity index (χ3v) is 3.17. The van der Waals surface area contributed by atoms with Crippen LogP contribution >= 0.6 is 15.9 Å². The van der Waals surface area contributed by atoms with Crippen LogP contribution in [0.15, 0.2) is 16.7 Å². The number of rotatable bonds is 3. The zero-order valence-electron chi connectivity index (χ0n) is 11.3. The molecule has 106 valence electrons. The Morgan fingerprint density at radius 2 is 2.10 bits per heavy atom. The Balaban J connectivity index is 2.73. The third kappa shape index (κ3) is 2.40. The fourth-order valence-electron chi connectivity index (χ4n) is 1.93. The molecule has 0 radical (unpaired) electrons. The average molecular weight is 341 g/mol. The molecule has 2 aromatic heterocycles. The maximum absolute atomic E-state index is 12.0. The molecule has 0 bridgehead atoms. The van der Waals surface area contributed by atoms with Crippen molar-refractivity contribution in [1.29, 1.82) is 0 Å². The molecule has 6 nitrogen and oxygen atoms in total. The van der Waals surface area contributed by atoms with Crippen LogP contribution in [0.3, 0.4) is 0 Å². The summed E-state index contributed by atoms with van der Waals surface area (Å²) in [4.78, 5) is 28.0. The number of methoxy groups -OCH3 is 1. The van der Waals surface area contributed by atoms with Crippen LogP contribution in [-0.4, -0.2) is 35.0 Å². The molecule has 0 aliphatic carbocycles. The zero-order valence-corrected chi connectivity index (χ0v) is 12.9. The lowest BCUT2D eigenvalue weighted by atomic mass is 10.2. The molecule has 0 amide bonds. The van der Waals surface area contributed by atoms with Crippen molar-refractivity contribution in [2.75, 3.05) is 13.7 Å². The molecule has 2 rings (SSSR count). The van der Waals surface area contributed by atoms with Crippen LogP contribution in [-0.2, 0) is 9.47 Å². The first-order valence-corrected chi connectivity index (χ1v) is 6.72. The molecule has 0 saturated carbocycles. The van der Waals surface area contributed by atoms with Crippen LogP contribution in [0, 0.1) is 6.92 Å². The molecule has 20 heavy (non-hydrogen) atoms. The van der Waals surface area contributed by atoms with Gasteiger partial charge >= 0.3 is 11.9 Å². The van der Waals surface area contributed by atoms with E-state index in [0.717, 1.165) is 0 Å². The highest BCUT2D eigenvalue weighted by atomic mass is 79.9. The Kier molecular flexibility index (Phi) is 4.08. The summed E-state index contributed by atoms with van der Waals surface area (Å²) in [5.74, 6) is -0.997. The summed E-state index contributed by atoms with van der Waals surface area (Å²) < 4.78 is 11.9. The summed E-state index contributed by atoms with van der Waals surface area (Å²) in [5.41, 5.74) is 1.43. The lowest BCUT2D eigenvalue weighted by Crippen LogP contribution is -2.11. The van der Waals surface area contributed by atoms with Crippen molar-refractivity contribution in [1.82, 2.24) is 9.38 Å². The molecule has 0 aromatic carbocycles. The van der Waals surface area contributed by atoms with Crippen LogP contribution in [0.4, 0.5) is 0 Å². The Bertz CT molecular complexity index is 693. The fourth-order valence-corrected chi connectivity index (χ4v) is 2.36. The lowest BCUT2D eigenvalue weighted by Gasteiger charge is -2.06. The summed E-state index contributed by atoms with van der Waals surface area (Å²) in [5, 5.41) is 0. The molecule has 7 heteroatoms. The van der Waals surface area contributed by atoms with Gasteiger partial charge in [-0.3, -0.25) is 4.40 Å². The zero-order chi connectivity index (χ0) is 14.9. The number of halogens is 1. The Labute approximate surface area is 123 Å². The minimum Gasteiger partial charge on any atom is -0.465 e. The molecule has 2 aromatic rings. The predicted octanol–water partition coefficient (Wildman–Crippen LogP) is 2.37. The van der Waals surface area contributed by atoms with E-state index in [1.54, 1.807) is 26.1 Å². The first-order valence-electron chi connectivity index (χ1n) is 5.93. The first kappa shape index (κ1) is 14.5. The number of nitrogens with zero attached hydrogens (tertiary/aromatic N) is 2. The minimum atomic E-state index is -0.517. The second-order valence-corrected chi connectivity index (χ2v) is 4.94. The molecular formula is C13H13BrN2O4. The summed E-state index contributed by atoms with van der Waals surface area (Å²) >= 11 is 3.30. The van der Waals surface area contributed by atoms with Crippen molar-refractivity contribution in [3.8, 4) is 0 Å². The number of carbonyl (C=O) groups excluding carboxylic acids is 2. The molecule has 0 N–H and O–H groups in total. The van der Waals surface area contributed by atoms with Gasteiger partial charge in [-0.1, -0.05) is 0 Å².